The first-order valence-corrected chi connectivity index (χ1v) is 5.92. The quantitative estimate of drug-likeness (QED) is 0.831. The third kappa shape index (κ3) is 2.32. The van der Waals surface area contributed by atoms with Gasteiger partial charge in [0, 0.05) is 17.8 Å². The van der Waals surface area contributed by atoms with Crippen LogP contribution in [0.25, 0.3) is 11.1 Å². The minimum Gasteiger partial charge on any atom is -0.493 e. The lowest BCUT2D eigenvalue weighted by Gasteiger charge is -2.08. The minimum absolute atomic E-state index is 0.360. The highest BCUT2D eigenvalue weighted by Gasteiger charge is 2.08. The van der Waals surface area contributed by atoms with Crippen molar-refractivity contribution in [3.8, 4) is 22.6 Å². The summed E-state index contributed by atoms with van der Waals surface area (Å²) in [5.74, 6) is 1.46. The van der Waals surface area contributed by atoms with Crippen molar-refractivity contribution >= 4 is 0 Å². The standard InChI is InChI=1S/C14H18N2O2/c1-10(2)16-9-12(8-15-16)11-5-6-13(17-3)14(7-11)18-4/h5-10H,1-4H3. The number of rotatable bonds is 4. The number of ether oxygens (including phenoxy) is 2. The third-order valence-electron chi connectivity index (χ3n) is 2.85. The Hall–Kier alpha value is -1.97. The SMILES string of the molecule is COc1ccc(-c2cnn(C(C)C)c2)cc1OC. The van der Waals surface area contributed by atoms with Crippen molar-refractivity contribution in [2.24, 2.45) is 0 Å². The lowest BCUT2D eigenvalue weighted by atomic mass is 10.1. The molecule has 0 saturated heterocycles. The number of aromatic nitrogens is 2. The van der Waals surface area contributed by atoms with Crippen LogP contribution < -0.4 is 9.47 Å². The third-order valence-corrected chi connectivity index (χ3v) is 2.85. The number of hydrogen-bond acceptors (Lipinski definition) is 3. The molecule has 0 unspecified atom stereocenters. The van der Waals surface area contributed by atoms with Gasteiger partial charge in [0.25, 0.3) is 0 Å². The van der Waals surface area contributed by atoms with E-state index in [0.29, 0.717) is 6.04 Å². The molecule has 1 aromatic heterocycles. The summed E-state index contributed by atoms with van der Waals surface area (Å²) in [5.41, 5.74) is 2.14. The molecule has 0 saturated carbocycles. The zero-order valence-electron chi connectivity index (χ0n) is 11.2. The summed E-state index contributed by atoms with van der Waals surface area (Å²) >= 11 is 0. The molecule has 0 spiro atoms. The maximum Gasteiger partial charge on any atom is 0.161 e. The Bertz CT molecular complexity index is 532. The van der Waals surface area contributed by atoms with Gasteiger partial charge in [-0.15, -0.1) is 0 Å². The van der Waals surface area contributed by atoms with Crippen molar-refractivity contribution in [1.82, 2.24) is 9.78 Å². The lowest BCUT2D eigenvalue weighted by molar-refractivity contribution is 0.355. The Morgan fingerprint density at radius 2 is 1.78 bits per heavy atom. The average Bonchev–Trinajstić information content (AvgIpc) is 2.87. The van der Waals surface area contributed by atoms with Gasteiger partial charge in [-0.05, 0) is 31.5 Å². The molecule has 0 atom stereocenters. The van der Waals surface area contributed by atoms with Crippen molar-refractivity contribution in [2.75, 3.05) is 14.2 Å². The predicted octanol–water partition coefficient (Wildman–Crippen LogP) is 3.15. The Balaban J connectivity index is 2.38. The van der Waals surface area contributed by atoms with Crippen LogP contribution in [-0.2, 0) is 0 Å². The highest BCUT2D eigenvalue weighted by molar-refractivity contribution is 5.66. The van der Waals surface area contributed by atoms with E-state index in [2.05, 4.69) is 18.9 Å². The summed E-state index contributed by atoms with van der Waals surface area (Å²) in [6.45, 7) is 4.21. The molecule has 18 heavy (non-hydrogen) atoms. The van der Waals surface area contributed by atoms with E-state index in [1.54, 1.807) is 14.2 Å². The second-order valence-corrected chi connectivity index (χ2v) is 4.37. The van der Waals surface area contributed by atoms with Crippen LogP contribution in [0, 0.1) is 0 Å². The topological polar surface area (TPSA) is 36.3 Å². The average molecular weight is 246 g/mol. The summed E-state index contributed by atoms with van der Waals surface area (Å²) in [6.07, 6.45) is 3.90. The van der Waals surface area contributed by atoms with Crippen LogP contribution in [-0.4, -0.2) is 24.0 Å². The molecule has 0 fully saturated rings. The van der Waals surface area contributed by atoms with Crippen molar-refractivity contribution in [3.63, 3.8) is 0 Å². The van der Waals surface area contributed by atoms with E-state index in [0.717, 1.165) is 22.6 Å². The number of nitrogens with zero attached hydrogens (tertiary/aromatic N) is 2. The second kappa shape index (κ2) is 5.12. The van der Waals surface area contributed by atoms with Gasteiger partial charge >= 0.3 is 0 Å². The maximum absolute atomic E-state index is 5.30. The van der Waals surface area contributed by atoms with E-state index in [1.807, 2.05) is 35.3 Å². The molecule has 2 rings (SSSR count). The van der Waals surface area contributed by atoms with Gasteiger partial charge in [0.1, 0.15) is 0 Å². The highest BCUT2D eigenvalue weighted by Crippen LogP contribution is 2.32. The molecule has 0 aliphatic rings. The summed E-state index contributed by atoms with van der Waals surface area (Å²) in [7, 11) is 3.27. The largest absolute Gasteiger partial charge is 0.493 e. The van der Waals surface area contributed by atoms with E-state index < -0.39 is 0 Å². The van der Waals surface area contributed by atoms with Crippen LogP contribution >= 0.6 is 0 Å². The minimum atomic E-state index is 0.360. The molecule has 2 aromatic rings. The zero-order valence-corrected chi connectivity index (χ0v) is 11.2. The van der Waals surface area contributed by atoms with Gasteiger partial charge in [0.05, 0.1) is 20.4 Å². The molecule has 0 N–H and O–H groups in total. The molecule has 96 valence electrons. The van der Waals surface area contributed by atoms with Gasteiger partial charge in [-0.1, -0.05) is 6.07 Å². The van der Waals surface area contributed by atoms with Crippen LogP contribution in [0.15, 0.2) is 30.6 Å². The summed E-state index contributed by atoms with van der Waals surface area (Å²) in [6, 6.07) is 6.23. The molecule has 0 amide bonds. The van der Waals surface area contributed by atoms with Gasteiger partial charge in [-0.25, -0.2) is 0 Å². The van der Waals surface area contributed by atoms with Crippen molar-refractivity contribution in [2.45, 2.75) is 19.9 Å². The van der Waals surface area contributed by atoms with Crippen molar-refractivity contribution in [3.05, 3.63) is 30.6 Å². The second-order valence-electron chi connectivity index (χ2n) is 4.37. The predicted molar refractivity (Wildman–Crippen MR) is 71.2 cm³/mol. The maximum atomic E-state index is 5.30. The fraction of sp³-hybridized carbons (Fsp3) is 0.357. The summed E-state index contributed by atoms with van der Waals surface area (Å²) < 4.78 is 12.5. The fourth-order valence-electron chi connectivity index (χ4n) is 1.79. The Morgan fingerprint density at radius 3 is 2.33 bits per heavy atom. The molecule has 0 radical (unpaired) electrons. The van der Waals surface area contributed by atoms with Gasteiger partial charge in [0.2, 0.25) is 0 Å². The van der Waals surface area contributed by atoms with Gasteiger partial charge in [-0.2, -0.15) is 5.10 Å². The molecular weight excluding hydrogens is 228 g/mol. The van der Waals surface area contributed by atoms with Crippen LogP contribution in [0.2, 0.25) is 0 Å². The smallest absolute Gasteiger partial charge is 0.161 e. The van der Waals surface area contributed by atoms with E-state index >= 15 is 0 Å². The van der Waals surface area contributed by atoms with Crippen LogP contribution in [0.5, 0.6) is 11.5 Å². The molecule has 1 aromatic carbocycles. The van der Waals surface area contributed by atoms with Crippen molar-refractivity contribution in [1.29, 1.82) is 0 Å². The molecule has 0 bridgehead atoms. The molecule has 0 aliphatic carbocycles. The monoisotopic (exact) mass is 246 g/mol. The number of methoxy groups -OCH3 is 2. The van der Waals surface area contributed by atoms with Crippen LogP contribution in [0.3, 0.4) is 0 Å². The fourth-order valence-corrected chi connectivity index (χ4v) is 1.79. The Morgan fingerprint density at radius 1 is 1.06 bits per heavy atom. The van der Waals surface area contributed by atoms with E-state index in [4.69, 9.17) is 9.47 Å². The molecule has 0 aliphatic heterocycles. The number of benzene rings is 1. The molecular formula is C14H18N2O2. The zero-order chi connectivity index (χ0) is 13.1. The Labute approximate surface area is 107 Å². The normalized spacial score (nSPS) is 10.7. The van der Waals surface area contributed by atoms with E-state index in [1.165, 1.54) is 0 Å². The highest BCUT2D eigenvalue weighted by atomic mass is 16.5. The van der Waals surface area contributed by atoms with Gasteiger partial charge in [-0.3, -0.25) is 4.68 Å². The summed E-state index contributed by atoms with van der Waals surface area (Å²) in [5, 5.41) is 4.33. The first kappa shape index (κ1) is 12.5. The van der Waals surface area contributed by atoms with E-state index in [9.17, 15) is 0 Å². The van der Waals surface area contributed by atoms with Gasteiger partial charge < -0.3 is 9.47 Å². The van der Waals surface area contributed by atoms with Gasteiger partial charge in [0.15, 0.2) is 11.5 Å². The molecule has 4 nitrogen and oxygen atoms in total. The molecule has 1 heterocycles. The summed E-state index contributed by atoms with van der Waals surface area (Å²) in [4.78, 5) is 0. The first-order chi connectivity index (χ1) is 8.65. The Kier molecular flexibility index (Phi) is 3.55. The molecule has 4 heteroatoms. The van der Waals surface area contributed by atoms with Crippen LogP contribution in [0.4, 0.5) is 0 Å². The van der Waals surface area contributed by atoms with Crippen molar-refractivity contribution < 1.29 is 9.47 Å². The van der Waals surface area contributed by atoms with E-state index in [-0.39, 0.29) is 0 Å². The lowest BCUT2D eigenvalue weighted by Crippen LogP contribution is -1.99. The first-order valence-electron chi connectivity index (χ1n) is 5.92. The number of hydrogen-bond donors (Lipinski definition) is 0. The van der Waals surface area contributed by atoms with Crippen LogP contribution in [0.1, 0.15) is 19.9 Å².